The fourth-order valence-corrected chi connectivity index (χ4v) is 10.3. The van der Waals surface area contributed by atoms with Crippen LogP contribution in [0.4, 0.5) is 0 Å². The predicted molar refractivity (Wildman–Crippen MR) is 304 cm³/mol. The van der Waals surface area contributed by atoms with Gasteiger partial charge in [-0.3, -0.25) is 14.4 Å². The van der Waals surface area contributed by atoms with E-state index >= 15 is 0 Å². The van der Waals surface area contributed by atoms with Crippen LogP contribution in [0.25, 0.3) is 0 Å². The van der Waals surface area contributed by atoms with Gasteiger partial charge in [0.25, 0.3) is 0 Å². The van der Waals surface area contributed by atoms with E-state index in [0.717, 1.165) is 57.8 Å². The van der Waals surface area contributed by atoms with Gasteiger partial charge in [-0.2, -0.15) is 0 Å². The number of carboxylic acids is 1. The summed E-state index contributed by atoms with van der Waals surface area (Å²) in [6, 6.07) is 0. The Labute approximate surface area is 459 Å². The zero-order valence-corrected chi connectivity index (χ0v) is 48.8. The molecule has 0 aromatic carbocycles. The quantitative estimate of drug-likeness (QED) is 0.0299. The van der Waals surface area contributed by atoms with E-state index in [2.05, 4.69) is 20.8 Å². The number of ether oxygens (including phenoxy) is 5. The molecule has 0 amide bonds. The topological polar surface area (TPSA) is 175 Å². The van der Waals surface area contributed by atoms with Crippen LogP contribution in [0.1, 0.15) is 329 Å². The lowest BCUT2D eigenvalue weighted by Crippen LogP contribution is -2.61. The molecule has 1 saturated heterocycles. The first kappa shape index (κ1) is 70.7. The van der Waals surface area contributed by atoms with E-state index in [0.29, 0.717) is 19.3 Å². The van der Waals surface area contributed by atoms with Crippen molar-refractivity contribution in [3.8, 4) is 0 Å². The van der Waals surface area contributed by atoms with E-state index in [9.17, 15) is 34.5 Å². The number of unbranched alkanes of at least 4 members (excludes halogenated alkanes) is 42. The van der Waals surface area contributed by atoms with Crippen molar-refractivity contribution in [2.45, 2.75) is 366 Å². The summed E-state index contributed by atoms with van der Waals surface area (Å²) in [6.07, 6.45) is 44.9. The van der Waals surface area contributed by atoms with Gasteiger partial charge in [0.1, 0.15) is 18.8 Å². The van der Waals surface area contributed by atoms with Crippen molar-refractivity contribution < 1.29 is 58.2 Å². The molecule has 442 valence electrons. The first-order valence-electron chi connectivity index (χ1n) is 32.0. The van der Waals surface area contributed by atoms with Crippen LogP contribution in [0.5, 0.6) is 0 Å². The van der Waals surface area contributed by atoms with Gasteiger partial charge in [-0.05, 0) is 19.3 Å². The third-order valence-corrected chi connectivity index (χ3v) is 15.2. The van der Waals surface area contributed by atoms with Gasteiger partial charge < -0.3 is 39.0 Å². The number of hydrogen-bond acceptors (Lipinski definition) is 11. The number of aliphatic hydroxyl groups is 2. The van der Waals surface area contributed by atoms with Gasteiger partial charge in [-0.15, -0.1) is 0 Å². The normalized spacial score (nSPS) is 18.0. The number of carbonyl (C=O) groups is 4. The Morgan fingerprint density at radius 2 is 0.680 bits per heavy atom. The number of rotatable bonds is 56. The van der Waals surface area contributed by atoms with Gasteiger partial charge in [-0.1, -0.05) is 290 Å². The maximum atomic E-state index is 13.2. The summed E-state index contributed by atoms with van der Waals surface area (Å²) in [5.41, 5.74) is 0. The summed E-state index contributed by atoms with van der Waals surface area (Å²) in [5, 5.41) is 31.5. The van der Waals surface area contributed by atoms with Crippen molar-refractivity contribution in [1.82, 2.24) is 0 Å². The molecule has 75 heavy (non-hydrogen) atoms. The van der Waals surface area contributed by atoms with Crippen molar-refractivity contribution in [3.05, 3.63) is 0 Å². The Morgan fingerprint density at radius 3 is 1.00 bits per heavy atom. The van der Waals surface area contributed by atoms with E-state index in [1.807, 2.05) is 0 Å². The molecule has 1 heterocycles. The average molecular weight is 1070 g/mol. The summed E-state index contributed by atoms with van der Waals surface area (Å²) < 4.78 is 28.5. The minimum absolute atomic E-state index is 0.0709. The molecule has 3 N–H and O–H groups in total. The summed E-state index contributed by atoms with van der Waals surface area (Å²) in [7, 11) is 0. The minimum Gasteiger partial charge on any atom is -0.479 e. The lowest BCUT2D eigenvalue weighted by molar-refractivity contribution is -0.301. The molecule has 6 atom stereocenters. The lowest BCUT2D eigenvalue weighted by Gasteiger charge is -2.40. The molecular weight excluding hydrogens is 949 g/mol. The van der Waals surface area contributed by atoms with Crippen molar-refractivity contribution in [1.29, 1.82) is 0 Å². The Bertz CT molecular complexity index is 1310. The maximum Gasteiger partial charge on any atom is 0.335 e. The number of aliphatic carboxylic acids is 1. The largest absolute Gasteiger partial charge is 0.479 e. The highest BCUT2D eigenvalue weighted by molar-refractivity contribution is 5.74. The number of carboxylic acid groups (broad SMARTS) is 1. The van der Waals surface area contributed by atoms with Crippen molar-refractivity contribution >= 4 is 23.9 Å². The van der Waals surface area contributed by atoms with Crippen molar-refractivity contribution in [2.75, 3.05) is 13.2 Å². The van der Waals surface area contributed by atoms with E-state index in [-0.39, 0.29) is 25.9 Å². The van der Waals surface area contributed by atoms with Crippen molar-refractivity contribution in [3.63, 3.8) is 0 Å². The Hall–Kier alpha value is -2.28. The molecule has 0 aromatic heterocycles. The smallest absolute Gasteiger partial charge is 0.335 e. The first-order chi connectivity index (χ1) is 36.6. The Balaban J connectivity index is 2.64. The minimum atomic E-state index is -1.89. The Kier molecular flexibility index (Phi) is 49.4. The van der Waals surface area contributed by atoms with Crippen LogP contribution in [0.15, 0.2) is 0 Å². The van der Waals surface area contributed by atoms with Gasteiger partial charge in [-0.25, -0.2) is 4.79 Å². The second-order valence-corrected chi connectivity index (χ2v) is 22.4. The predicted octanol–water partition coefficient (Wildman–Crippen LogP) is 16.7. The van der Waals surface area contributed by atoms with Crippen LogP contribution in [-0.2, 0) is 42.9 Å². The second kappa shape index (κ2) is 52.4. The van der Waals surface area contributed by atoms with Gasteiger partial charge in [0.2, 0.25) is 0 Å². The molecule has 6 unspecified atom stereocenters. The van der Waals surface area contributed by atoms with Crippen LogP contribution < -0.4 is 0 Å². The summed E-state index contributed by atoms with van der Waals surface area (Å²) in [6.45, 7) is 6.06. The van der Waals surface area contributed by atoms with E-state index in [4.69, 9.17) is 23.7 Å². The van der Waals surface area contributed by atoms with Crippen LogP contribution in [-0.4, -0.2) is 89.2 Å². The van der Waals surface area contributed by atoms with E-state index in [1.54, 1.807) is 0 Å². The fraction of sp³-hybridized carbons (Fsp3) is 0.937. The molecule has 0 saturated carbocycles. The van der Waals surface area contributed by atoms with Gasteiger partial charge in [0.15, 0.2) is 24.6 Å². The summed E-state index contributed by atoms with van der Waals surface area (Å²) in [4.78, 5) is 51.2. The molecular formula is C63H118O12. The standard InChI is InChI=1S/C63H118O12/c1-4-7-10-13-16-19-22-25-28-31-34-37-40-43-46-49-55(64)71-52-54(73-56(65)50-47-44-41-38-35-32-29-26-23-20-17-14-11-8-5-2)53-72-63-61(59(68)58(67)60(75-63)62(69)70)74-57(66)51-48-45-42-39-36-33-30-27-24-21-18-15-12-9-6-3/h54,58-61,63,67-68H,4-53H2,1-3H3,(H,69,70). The highest BCUT2D eigenvalue weighted by atomic mass is 16.7. The Morgan fingerprint density at radius 1 is 0.387 bits per heavy atom. The average Bonchev–Trinajstić information content (AvgIpc) is 3.39. The van der Waals surface area contributed by atoms with Gasteiger partial charge in [0.05, 0.1) is 6.61 Å². The van der Waals surface area contributed by atoms with Crippen LogP contribution in [0, 0.1) is 0 Å². The second-order valence-electron chi connectivity index (χ2n) is 22.4. The third kappa shape index (κ3) is 42.4. The van der Waals surface area contributed by atoms with Crippen LogP contribution in [0.3, 0.4) is 0 Å². The monoisotopic (exact) mass is 1070 g/mol. The fourth-order valence-electron chi connectivity index (χ4n) is 10.3. The highest BCUT2D eigenvalue weighted by Gasteiger charge is 2.50. The summed E-state index contributed by atoms with van der Waals surface area (Å²) in [5.74, 6) is -3.06. The van der Waals surface area contributed by atoms with Crippen LogP contribution in [0.2, 0.25) is 0 Å². The SMILES string of the molecule is CCCCCCCCCCCCCCCCCC(=O)OCC(COC1OC(C(=O)O)C(O)C(O)C1OC(=O)CCCCCCCCCCCCCCCCC)OC(=O)CCCCCCCCCCCCCCCCC. The number of esters is 3. The molecule has 1 aliphatic rings. The zero-order chi connectivity index (χ0) is 54.7. The van der Waals surface area contributed by atoms with Gasteiger partial charge in [0, 0.05) is 19.3 Å². The highest BCUT2D eigenvalue weighted by Crippen LogP contribution is 2.27. The van der Waals surface area contributed by atoms with Crippen LogP contribution >= 0.6 is 0 Å². The molecule has 1 fully saturated rings. The number of hydrogen-bond donors (Lipinski definition) is 3. The molecule has 1 rings (SSSR count). The molecule has 0 aliphatic carbocycles. The van der Waals surface area contributed by atoms with Gasteiger partial charge >= 0.3 is 23.9 Å². The molecule has 0 aromatic rings. The van der Waals surface area contributed by atoms with E-state index in [1.165, 1.54) is 212 Å². The maximum absolute atomic E-state index is 13.2. The van der Waals surface area contributed by atoms with E-state index < -0.39 is 67.3 Å². The summed E-state index contributed by atoms with van der Waals surface area (Å²) >= 11 is 0. The molecule has 1 aliphatic heterocycles. The first-order valence-corrected chi connectivity index (χ1v) is 32.0. The molecule has 0 spiro atoms. The zero-order valence-electron chi connectivity index (χ0n) is 48.8. The molecule has 0 radical (unpaired) electrons. The molecule has 12 heteroatoms. The molecule has 0 bridgehead atoms. The third-order valence-electron chi connectivity index (χ3n) is 15.2. The number of carbonyl (C=O) groups excluding carboxylic acids is 3. The molecule has 12 nitrogen and oxygen atoms in total. The lowest BCUT2D eigenvalue weighted by atomic mass is 9.98. The van der Waals surface area contributed by atoms with Crippen molar-refractivity contribution in [2.24, 2.45) is 0 Å². The number of aliphatic hydroxyl groups excluding tert-OH is 2.